The largest absolute Gasteiger partial charge is 0.522 e. The summed E-state index contributed by atoms with van der Waals surface area (Å²) in [7, 11) is 0. The van der Waals surface area contributed by atoms with Crippen LogP contribution in [0.25, 0.3) is 0 Å². The minimum atomic E-state index is -4.54. The lowest BCUT2D eigenvalue weighted by Crippen LogP contribution is -2.43. The molecule has 1 aliphatic carbocycles. The zero-order valence-electron chi connectivity index (χ0n) is 9.17. The Morgan fingerprint density at radius 3 is 2.38 bits per heavy atom. The van der Waals surface area contributed by atoms with E-state index in [9.17, 15) is 13.2 Å². The highest BCUT2D eigenvalue weighted by Gasteiger charge is 2.30. The molecule has 0 heterocycles. The van der Waals surface area contributed by atoms with E-state index in [2.05, 4.69) is 4.74 Å². The van der Waals surface area contributed by atoms with Crippen molar-refractivity contribution in [2.75, 3.05) is 26.3 Å². The van der Waals surface area contributed by atoms with Gasteiger partial charge in [0.1, 0.15) is 0 Å². The molecule has 0 radical (unpaired) electrons. The third kappa shape index (κ3) is 5.14. The van der Waals surface area contributed by atoms with Gasteiger partial charge in [0.05, 0.1) is 6.61 Å². The van der Waals surface area contributed by atoms with Crippen molar-refractivity contribution in [3.05, 3.63) is 0 Å². The Balaban J connectivity index is 2.21. The molecule has 1 fully saturated rings. The molecular formula is C10H18F3NO2. The average molecular weight is 241 g/mol. The van der Waals surface area contributed by atoms with E-state index in [1.54, 1.807) is 0 Å². The summed E-state index contributed by atoms with van der Waals surface area (Å²) in [5.74, 6) is 0. The standard InChI is InChI=1S/C10H18F3NO2/c11-10(12,13)16-8-6-14(5-2-7-15)9-3-1-4-9/h9,15H,1-8H2. The summed E-state index contributed by atoms with van der Waals surface area (Å²) in [5, 5.41) is 8.70. The molecule has 1 saturated carbocycles. The first-order chi connectivity index (χ1) is 7.53. The quantitative estimate of drug-likeness (QED) is 0.737. The van der Waals surface area contributed by atoms with Gasteiger partial charge in [0, 0.05) is 25.7 Å². The maximum Gasteiger partial charge on any atom is 0.522 e. The topological polar surface area (TPSA) is 32.7 Å². The fourth-order valence-corrected chi connectivity index (χ4v) is 1.78. The molecule has 0 amide bonds. The van der Waals surface area contributed by atoms with Crippen molar-refractivity contribution in [3.63, 3.8) is 0 Å². The Kier molecular flexibility index (Phi) is 5.51. The van der Waals surface area contributed by atoms with Gasteiger partial charge >= 0.3 is 6.36 Å². The molecule has 6 heteroatoms. The van der Waals surface area contributed by atoms with Gasteiger partial charge in [0.15, 0.2) is 0 Å². The number of rotatable bonds is 7. The molecule has 16 heavy (non-hydrogen) atoms. The van der Waals surface area contributed by atoms with Crippen LogP contribution in [0, 0.1) is 0 Å². The van der Waals surface area contributed by atoms with Gasteiger partial charge < -0.3 is 5.11 Å². The van der Waals surface area contributed by atoms with Crippen molar-refractivity contribution in [2.45, 2.75) is 38.1 Å². The number of hydrogen-bond acceptors (Lipinski definition) is 3. The number of nitrogens with zero attached hydrogens (tertiary/aromatic N) is 1. The molecule has 0 bridgehead atoms. The summed E-state index contributed by atoms with van der Waals surface area (Å²) in [6, 6.07) is 0.378. The molecule has 0 aromatic carbocycles. The predicted molar refractivity (Wildman–Crippen MR) is 52.9 cm³/mol. The van der Waals surface area contributed by atoms with Gasteiger partial charge in [-0.25, -0.2) is 0 Å². The fourth-order valence-electron chi connectivity index (χ4n) is 1.78. The average Bonchev–Trinajstić information content (AvgIpc) is 2.08. The van der Waals surface area contributed by atoms with Crippen LogP contribution in [0.5, 0.6) is 0 Å². The lowest BCUT2D eigenvalue weighted by molar-refractivity contribution is -0.325. The molecule has 1 N–H and O–H groups in total. The molecule has 96 valence electrons. The molecule has 0 aromatic rings. The van der Waals surface area contributed by atoms with Crippen LogP contribution in [0.4, 0.5) is 13.2 Å². The van der Waals surface area contributed by atoms with E-state index in [0.717, 1.165) is 19.3 Å². The number of aliphatic hydroxyl groups excluding tert-OH is 1. The second-order valence-electron chi connectivity index (χ2n) is 3.99. The number of ether oxygens (including phenoxy) is 1. The van der Waals surface area contributed by atoms with Crippen molar-refractivity contribution < 1.29 is 23.0 Å². The minimum Gasteiger partial charge on any atom is -0.396 e. The molecule has 0 aromatic heterocycles. The molecule has 0 unspecified atom stereocenters. The third-order valence-corrected chi connectivity index (χ3v) is 2.84. The first-order valence-corrected chi connectivity index (χ1v) is 5.58. The van der Waals surface area contributed by atoms with Crippen LogP contribution < -0.4 is 0 Å². The van der Waals surface area contributed by atoms with Crippen LogP contribution in [-0.4, -0.2) is 48.7 Å². The Labute approximate surface area is 93.2 Å². The fraction of sp³-hybridized carbons (Fsp3) is 1.00. The van der Waals surface area contributed by atoms with E-state index in [0.29, 0.717) is 19.0 Å². The molecule has 1 aliphatic rings. The molecule has 3 nitrogen and oxygen atoms in total. The maximum atomic E-state index is 11.8. The van der Waals surface area contributed by atoms with Crippen LogP contribution in [0.2, 0.25) is 0 Å². The van der Waals surface area contributed by atoms with E-state index >= 15 is 0 Å². The smallest absolute Gasteiger partial charge is 0.396 e. The zero-order chi connectivity index (χ0) is 12.0. The van der Waals surface area contributed by atoms with Gasteiger partial charge in [-0.2, -0.15) is 0 Å². The number of aliphatic hydroxyl groups is 1. The van der Waals surface area contributed by atoms with Crippen molar-refractivity contribution in [1.82, 2.24) is 4.90 Å². The van der Waals surface area contributed by atoms with E-state index in [1.165, 1.54) is 0 Å². The minimum absolute atomic E-state index is 0.0728. The van der Waals surface area contributed by atoms with Crippen molar-refractivity contribution in [3.8, 4) is 0 Å². The maximum absolute atomic E-state index is 11.8. The number of alkyl halides is 3. The van der Waals surface area contributed by atoms with Gasteiger partial charge in [0.25, 0.3) is 0 Å². The van der Waals surface area contributed by atoms with E-state index < -0.39 is 6.36 Å². The summed E-state index contributed by atoms with van der Waals surface area (Å²) >= 11 is 0. The molecule has 0 spiro atoms. The highest BCUT2D eigenvalue weighted by Crippen LogP contribution is 2.25. The van der Waals surface area contributed by atoms with Gasteiger partial charge in [-0.3, -0.25) is 9.64 Å². The molecule has 0 atom stereocenters. The van der Waals surface area contributed by atoms with Crippen molar-refractivity contribution >= 4 is 0 Å². The summed E-state index contributed by atoms with van der Waals surface area (Å²) in [6.07, 6.45) is -0.722. The number of hydrogen-bond donors (Lipinski definition) is 1. The second-order valence-corrected chi connectivity index (χ2v) is 3.99. The highest BCUT2D eigenvalue weighted by atomic mass is 19.4. The number of halogens is 3. The van der Waals surface area contributed by atoms with E-state index in [1.807, 2.05) is 4.90 Å². The summed E-state index contributed by atoms with van der Waals surface area (Å²) < 4.78 is 39.1. The first kappa shape index (κ1) is 13.7. The van der Waals surface area contributed by atoms with Crippen molar-refractivity contribution in [2.24, 2.45) is 0 Å². The first-order valence-electron chi connectivity index (χ1n) is 5.58. The molecular weight excluding hydrogens is 223 g/mol. The van der Waals surface area contributed by atoms with Gasteiger partial charge in [0.2, 0.25) is 0 Å². The van der Waals surface area contributed by atoms with Gasteiger partial charge in [-0.05, 0) is 19.3 Å². The summed E-state index contributed by atoms with van der Waals surface area (Å²) in [6.45, 7) is 0.668. The highest BCUT2D eigenvalue weighted by molar-refractivity contribution is 4.79. The van der Waals surface area contributed by atoms with Gasteiger partial charge in [-0.1, -0.05) is 6.42 Å². The van der Waals surface area contributed by atoms with Crippen LogP contribution in [0.3, 0.4) is 0 Å². The normalized spacial score (nSPS) is 17.8. The molecule has 0 saturated heterocycles. The Morgan fingerprint density at radius 2 is 1.94 bits per heavy atom. The summed E-state index contributed by atoms with van der Waals surface area (Å²) in [4.78, 5) is 1.98. The van der Waals surface area contributed by atoms with E-state index in [4.69, 9.17) is 5.11 Å². The second kappa shape index (κ2) is 6.42. The van der Waals surface area contributed by atoms with Crippen molar-refractivity contribution in [1.29, 1.82) is 0 Å². The lowest BCUT2D eigenvalue weighted by Gasteiger charge is -2.37. The Hall–Kier alpha value is -0.330. The van der Waals surface area contributed by atoms with Crippen LogP contribution in [-0.2, 0) is 4.74 Å². The third-order valence-electron chi connectivity index (χ3n) is 2.84. The van der Waals surface area contributed by atoms with Crippen LogP contribution in [0.1, 0.15) is 25.7 Å². The Bertz CT molecular complexity index is 195. The summed E-state index contributed by atoms with van der Waals surface area (Å²) in [5.41, 5.74) is 0. The monoisotopic (exact) mass is 241 g/mol. The zero-order valence-corrected chi connectivity index (χ0v) is 9.17. The predicted octanol–water partition coefficient (Wildman–Crippen LogP) is 1.76. The lowest BCUT2D eigenvalue weighted by atomic mass is 9.91. The van der Waals surface area contributed by atoms with Crippen LogP contribution >= 0.6 is 0 Å². The molecule has 0 aliphatic heterocycles. The van der Waals surface area contributed by atoms with Crippen LogP contribution in [0.15, 0.2) is 0 Å². The SMILES string of the molecule is OCCCN(CCOC(F)(F)F)C1CCC1. The molecule has 1 rings (SSSR count). The van der Waals surface area contributed by atoms with E-state index in [-0.39, 0.29) is 19.8 Å². The Morgan fingerprint density at radius 1 is 1.25 bits per heavy atom. The van der Waals surface area contributed by atoms with Gasteiger partial charge in [-0.15, -0.1) is 13.2 Å².